The number of aromatic nitrogens is 2. The van der Waals surface area contributed by atoms with Crippen molar-refractivity contribution in [3.63, 3.8) is 0 Å². The van der Waals surface area contributed by atoms with Gasteiger partial charge in [-0.1, -0.05) is 19.1 Å². The molecule has 0 radical (unpaired) electrons. The number of H-pyrrole nitrogens is 1. The number of imidazole rings is 1. The van der Waals surface area contributed by atoms with Crippen LogP contribution in [0, 0.1) is 0 Å². The average Bonchev–Trinajstić information content (AvgIpc) is 3.24. The van der Waals surface area contributed by atoms with Crippen LogP contribution >= 0.6 is 0 Å². The van der Waals surface area contributed by atoms with Gasteiger partial charge < -0.3 is 25.1 Å². The number of hydrogen-bond donors (Lipinski definition) is 2. The van der Waals surface area contributed by atoms with E-state index in [4.69, 9.17) is 15.2 Å². The predicted molar refractivity (Wildman–Crippen MR) is 113 cm³/mol. The smallest absolute Gasteiger partial charge is 0.195 e. The van der Waals surface area contributed by atoms with E-state index in [-0.39, 0.29) is 5.78 Å². The minimum atomic E-state index is -0.851. The normalized spacial score (nSPS) is 19.3. The van der Waals surface area contributed by atoms with Crippen molar-refractivity contribution in [2.75, 3.05) is 19.1 Å². The van der Waals surface area contributed by atoms with Gasteiger partial charge in [-0.3, -0.25) is 4.79 Å². The maximum Gasteiger partial charge on any atom is 0.195 e. The van der Waals surface area contributed by atoms with Crippen molar-refractivity contribution in [2.24, 2.45) is 5.73 Å². The van der Waals surface area contributed by atoms with Gasteiger partial charge in [-0.15, -0.1) is 0 Å². The molecule has 2 aromatic carbocycles. The standard InChI is InChI=1S/C22H24N4O3/c1-5-22(2)19(27)18(21-24-16-8-6-7-9-17(16)25-21)20(23)26(22)13-10-14(28-3)12-15(11-13)29-4/h6-12H,5,23H2,1-4H3,(H,24,25). The number of methoxy groups -OCH3 is 2. The summed E-state index contributed by atoms with van der Waals surface area (Å²) >= 11 is 0. The quantitative estimate of drug-likeness (QED) is 0.691. The zero-order chi connectivity index (χ0) is 20.8. The highest BCUT2D eigenvalue weighted by Gasteiger charge is 2.49. The maximum atomic E-state index is 13.5. The number of para-hydroxylation sites is 2. The van der Waals surface area contributed by atoms with Gasteiger partial charge in [0, 0.05) is 18.2 Å². The summed E-state index contributed by atoms with van der Waals surface area (Å²) in [5, 5.41) is 0. The van der Waals surface area contributed by atoms with Crippen LogP contribution in [0.15, 0.2) is 48.3 Å². The predicted octanol–water partition coefficient (Wildman–Crippen LogP) is 3.47. The van der Waals surface area contributed by atoms with Crippen LogP contribution in [0.3, 0.4) is 0 Å². The van der Waals surface area contributed by atoms with Gasteiger partial charge in [0.2, 0.25) is 0 Å². The number of benzene rings is 2. The first-order chi connectivity index (χ1) is 13.9. The molecule has 1 unspecified atom stereocenters. The lowest BCUT2D eigenvalue weighted by atomic mass is 9.90. The largest absolute Gasteiger partial charge is 0.497 e. The van der Waals surface area contributed by atoms with Crippen LogP contribution in [-0.4, -0.2) is 35.5 Å². The van der Waals surface area contributed by atoms with Gasteiger partial charge in [0.25, 0.3) is 0 Å². The summed E-state index contributed by atoms with van der Waals surface area (Å²) < 4.78 is 10.8. The van der Waals surface area contributed by atoms with Crippen molar-refractivity contribution < 1.29 is 14.3 Å². The van der Waals surface area contributed by atoms with Crippen LogP contribution in [0.4, 0.5) is 5.69 Å². The summed E-state index contributed by atoms with van der Waals surface area (Å²) in [6, 6.07) is 13.1. The number of anilines is 1. The second kappa shape index (κ2) is 6.84. The van der Waals surface area contributed by atoms with Crippen LogP contribution in [0.2, 0.25) is 0 Å². The summed E-state index contributed by atoms with van der Waals surface area (Å²) in [6.07, 6.45) is 0.565. The van der Waals surface area contributed by atoms with E-state index in [1.807, 2.05) is 55.1 Å². The van der Waals surface area contributed by atoms with Gasteiger partial charge in [-0.2, -0.15) is 0 Å². The first kappa shape index (κ1) is 18.9. The van der Waals surface area contributed by atoms with Crippen LogP contribution in [0.25, 0.3) is 16.6 Å². The fourth-order valence-electron chi connectivity index (χ4n) is 3.83. The van der Waals surface area contributed by atoms with Gasteiger partial charge in [-0.05, 0) is 25.5 Å². The molecule has 7 nitrogen and oxygen atoms in total. The summed E-state index contributed by atoms with van der Waals surface area (Å²) in [4.78, 5) is 23.2. The lowest BCUT2D eigenvalue weighted by Crippen LogP contribution is -2.47. The Morgan fingerprint density at radius 2 is 1.79 bits per heavy atom. The molecule has 4 rings (SSSR count). The molecule has 150 valence electrons. The van der Waals surface area contributed by atoms with Gasteiger partial charge in [0.15, 0.2) is 5.78 Å². The lowest BCUT2D eigenvalue weighted by Gasteiger charge is -2.35. The van der Waals surface area contributed by atoms with Gasteiger partial charge in [0.05, 0.1) is 30.9 Å². The van der Waals surface area contributed by atoms with E-state index < -0.39 is 5.54 Å². The highest BCUT2D eigenvalue weighted by Crippen LogP contribution is 2.43. The third-order valence-electron chi connectivity index (χ3n) is 5.62. The molecule has 0 fully saturated rings. The molecule has 1 atom stereocenters. The maximum absolute atomic E-state index is 13.5. The zero-order valence-electron chi connectivity index (χ0n) is 16.9. The Balaban J connectivity index is 1.91. The minimum Gasteiger partial charge on any atom is -0.497 e. The second-order valence-corrected chi connectivity index (χ2v) is 7.23. The Morgan fingerprint density at radius 3 is 2.38 bits per heavy atom. The number of nitrogens with two attached hydrogens (primary N) is 1. The molecule has 0 aliphatic carbocycles. The van der Waals surface area contributed by atoms with Crippen molar-refractivity contribution in [1.29, 1.82) is 0 Å². The van der Waals surface area contributed by atoms with Gasteiger partial charge in [0.1, 0.15) is 34.3 Å². The number of rotatable bonds is 5. The third-order valence-corrected chi connectivity index (χ3v) is 5.62. The average molecular weight is 392 g/mol. The Hall–Kier alpha value is -3.48. The van der Waals surface area contributed by atoms with E-state index in [1.165, 1.54) is 0 Å². The van der Waals surface area contributed by atoms with E-state index >= 15 is 0 Å². The molecule has 2 heterocycles. The Kier molecular flexibility index (Phi) is 4.45. The molecule has 3 aromatic rings. The number of ether oxygens (including phenoxy) is 2. The van der Waals surface area contributed by atoms with Gasteiger partial charge >= 0.3 is 0 Å². The van der Waals surface area contributed by atoms with Crippen molar-refractivity contribution in [3.05, 3.63) is 54.1 Å². The highest BCUT2D eigenvalue weighted by atomic mass is 16.5. The summed E-state index contributed by atoms with van der Waals surface area (Å²) in [6.45, 7) is 3.86. The van der Waals surface area contributed by atoms with E-state index in [0.717, 1.165) is 16.7 Å². The molecule has 1 aliphatic rings. The summed E-state index contributed by atoms with van der Waals surface area (Å²) in [5.74, 6) is 2.00. The summed E-state index contributed by atoms with van der Waals surface area (Å²) in [5.41, 5.74) is 8.49. The second-order valence-electron chi connectivity index (χ2n) is 7.23. The van der Waals surface area contributed by atoms with Gasteiger partial charge in [-0.25, -0.2) is 4.98 Å². The van der Waals surface area contributed by atoms with Crippen molar-refractivity contribution in [1.82, 2.24) is 9.97 Å². The third kappa shape index (κ3) is 2.81. The number of nitrogens with zero attached hydrogens (tertiary/aromatic N) is 2. The minimum absolute atomic E-state index is 0.0710. The molecule has 0 bridgehead atoms. The molecule has 0 spiro atoms. The monoisotopic (exact) mass is 392 g/mol. The van der Waals surface area contributed by atoms with E-state index in [9.17, 15) is 4.79 Å². The number of aromatic amines is 1. The van der Waals surface area contributed by atoms with Crippen molar-refractivity contribution >= 4 is 28.1 Å². The molecule has 0 saturated heterocycles. The van der Waals surface area contributed by atoms with E-state index in [0.29, 0.717) is 35.1 Å². The fraction of sp³-hybridized carbons (Fsp3) is 0.273. The lowest BCUT2D eigenvalue weighted by molar-refractivity contribution is -0.117. The first-order valence-corrected chi connectivity index (χ1v) is 9.46. The Bertz CT molecular complexity index is 1080. The molecule has 3 N–H and O–H groups in total. The number of carbonyl (C=O) groups is 1. The first-order valence-electron chi connectivity index (χ1n) is 9.46. The number of nitrogens with one attached hydrogen (secondary N) is 1. The fourth-order valence-corrected chi connectivity index (χ4v) is 3.83. The van der Waals surface area contributed by atoms with E-state index in [2.05, 4.69) is 9.97 Å². The molecular weight excluding hydrogens is 368 g/mol. The number of hydrogen-bond acceptors (Lipinski definition) is 6. The number of fused-ring (bicyclic) bond motifs is 1. The van der Waals surface area contributed by atoms with E-state index in [1.54, 1.807) is 20.3 Å². The highest BCUT2D eigenvalue weighted by molar-refractivity contribution is 6.29. The number of carbonyl (C=O) groups excluding carboxylic acids is 1. The SMILES string of the molecule is CCC1(C)C(=O)C(c2nc3ccccc3[nH]2)=C(N)N1c1cc(OC)cc(OC)c1. The Labute approximate surface area is 169 Å². The van der Waals surface area contributed by atoms with Crippen molar-refractivity contribution in [2.45, 2.75) is 25.8 Å². The molecule has 29 heavy (non-hydrogen) atoms. The molecule has 7 heteroatoms. The molecule has 1 aromatic heterocycles. The topological polar surface area (TPSA) is 93.5 Å². The molecule has 0 amide bonds. The van der Waals surface area contributed by atoms with Crippen LogP contribution in [-0.2, 0) is 4.79 Å². The number of Topliss-reactive ketones (excluding diaryl/α,β-unsaturated/α-hetero) is 1. The molecule has 0 saturated carbocycles. The molecule has 1 aliphatic heterocycles. The number of ketones is 1. The molecular formula is C22H24N4O3. The van der Waals surface area contributed by atoms with Crippen molar-refractivity contribution in [3.8, 4) is 11.5 Å². The van der Waals surface area contributed by atoms with Crippen LogP contribution in [0.5, 0.6) is 11.5 Å². The summed E-state index contributed by atoms with van der Waals surface area (Å²) in [7, 11) is 3.18. The zero-order valence-corrected chi connectivity index (χ0v) is 16.9. The Morgan fingerprint density at radius 1 is 1.14 bits per heavy atom. The van der Waals surface area contributed by atoms with Crippen LogP contribution in [0.1, 0.15) is 26.1 Å². The van der Waals surface area contributed by atoms with Crippen LogP contribution < -0.4 is 20.1 Å².